The van der Waals surface area contributed by atoms with Gasteiger partial charge in [0.1, 0.15) is 11.5 Å². The molecule has 0 saturated carbocycles. The van der Waals surface area contributed by atoms with E-state index < -0.39 is 0 Å². The number of hydrogen-bond acceptors (Lipinski definition) is 3. The van der Waals surface area contributed by atoms with Gasteiger partial charge in [-0.2, -0.15) is 0 Å². The highest BCUT2D eigenvalue weighted by Gasteiger charge is 2.12. The van der Waals surface area contributed by atoms with E-state index in [4.69, 9.17) is 10.5 Å². The molecule has 0 aromatic heterocycles. The molecule has 2 aromatic carbocycles. The van der Waals surface area contributed by atoms with Gasteiger partial charge in [0.05, 0.1) is 5.56 Å². The van der Waals surface area contributed by atoms with Crippen molar-refractivity contribution in [3.63, 3.8) is 0 Å². The van der Waals surface area contributed by atoms with Crippen LogP contribution >= 0.6 is 0 Å². The van der Waals surface area contributed by atoms with Crippen molar-refractivity contribution in [2.75, 3.05) is 12.8 Å². The number of nitrogens with two attached hydrogens (primary N) is 1. The van der Waals surface area contributed by atoms with Gasteiger partial charge in [0.2, 0.25) is 0 Å². The predicted molar refractivity (Wildman–Crippen MR) is 70.8 cm³/mol. The molecule has 2 rings (SSSR count). The van der Waals surface area contributed by atoms with Crippen molar-refractivity contribution in [1.82, 2.24) is 5.32 Å². The number of nitrogen functional groups attached to an aromatic ring is 1. The van der Waals surface area contributed by atoms with Crippen LogP contribution in [0.3, 0.4) is 0 Å². The third-order valence-corrected chi connectivity index (χ3v) is 2.45. The van der Waals surface area contributed by atoms with E-state index in [2.05, 4.69) is 5.32 Å². The summed E-state index contributed by atoms with van der Waals surface area (Å²) in [5.74, 6) is 0.898. The topological polar surface area (TPSA) is 64.4 Å². The van der Waals surface area contributed by atoms with Crippen molar-refractivity contribution in [2.24, 2.45) is 0 Å². The number of carbonyl (C=O) groups excluding carboxylic acids is 1. The van der Waals surface area contributed by atoms with Gasteiger partial charge >= 0.3 is 0 Å². The summed E-state index contributed by atoms with van der Waals surface area (Å²) >= 11 is 0. The van der Waals surface area contributed by atoms with Crippen molar-refractivity contribution in [3.05, 3.63) is 54.1 Å². The molecule has 0 aliphatic carbocycles. The molecule has 0 fully saturated rings. The largest absolute Gasteiger partial charge is 0.456 e. The van der Waals surface area contributed by atoms with E-state index in [1.807, 2.05) is 30.3 Å². The third-order valence-electron chi connectivity index (χ3n) is 2.45. The monoisotopic (exact) mass is 242 g/mol. The molecule has 2 aromatic rings. The Morgan fingerprint density at radius 2 is 1.89 bits per heavy atom. The van der Waals surface area contributed by atoms with E-state index >= 15 is 0 Å². The van der Waals surface area contributed by atoms with E-state index in [1.165, 1.54) is 0 Å². The summed E-state index contributed by atoms with van der Waals surface area (Å²) in [5, 5.41) is 2.57. The Balaban J connectivity index is 2.36. The number of carbonyl (C=O) groups is 1. The molecule has 0 unspecified atom stereocenters. The first-order valence-electron chi connectivity index (χ1n) is 5.55. The minimum atomic E-state index is -0.207. The first-order chi connectivity index (χ1) is 8.70. The second-order valence-electron chi connectivity index (χ2n) is 3.75. The van der Waals surface area contributed by atoms with Crippen molar-refractivity contribution < 1.29 is 9.53 Å². The number of hydrogen-bond donors (Lipinski definition) is 2. The molecule has 4 nitrogen and oxygen atoms in total. The van der Waals surface area contributed by atoms with Crippen LogP contribution in [0.25, 0.3) is 0 Å². The number of rotatable bonds is 3. The second-order valence-corrected chi connectivity index (χ2v) is 3.75. The Bertz CT molecular complexity index is 553. The Morgan fingerprint density at radius 3 is 2.56 bits per heavy atom. The maximum absolute atomic E-state index is 11.7. The lowest BCUT2D eigenvalue weighted by molar-refractivity contribution is 0.0961. The van der Waals surface area contributed by atoms with Gasteiger partial charge in [0.15, 0.2) is 0 Å². The molecule has 92 valence electrons. The quantitative estimate of drug-likeness (QED) is 0.812. The van der Waals surface area contributed by atoms with E-state index in [0.29, 0.717) is 22.7 Å². The van der Waals surface area contributed by atoms with Crippen molar-refractivity contribution in [1.29, 1.82) is 0 Å². The van der Waals surface area contributed by atoms with Crippen LogP contribution in [0.4, 0.5) is 5.69 Å². The van der Waals surface area contributed by atoms with Gasteiger partial charge in [-0.25, -0.2) is 0 Å². The average molecular weight is 242 g/mol. The van der Waals surface area contributed by atoms with Gasteiger partial charge in [-0.3, -0.25) is 4.79 Å². The molecule has 0 aliphatic rings. The zero-order valence-electron chi connectivity index (χ0n) is 10.0. The Hall–Kier alpha value is -2.49. The Morgan fingerprint density at radius 1 is 1.17 bits per heavy atom. The number of nitrogens with one attached hydrogen (secondary N) is 1. The smallest absolute Gasteiger partial charge is 0.254 e. The van der Waals surface area contributed by atoms with Crippen LogP contribution in [0.15, 0.2) is 48.5 Å². The first-order valence-corrected chi connectivity index (χ1v) is 5.55. The predicted octanol–water partition coefficient (Wildman–Crippen LogP) is 2.42. The van der Waals surface area contributed by atoms with Crippen molar-refractivity contribution >= 4 is 11.6 Å². The number of amides is 1. The van der Waals surface area contributed by atoms with Gasteiger partial charge in [-0.05, 0) is 24.3 Å². The molecule has 0 spiro atoms. The standard InChI is InChI=1S/C14H14N2O2/c1-16-14(17)12-8-7-10(15)9-13(12)18-11-5-3-2-4-6-11/h2-9H,15H2,1H3,(H,16,17). The molecule has 0 aliphatic heterocycles. The van der Waals surface area contributed by atoms with Gasteiger partial charge in [0.25, 0.3) is 5.91 Å². The van der Waals surface area contributed by atoms with Crippen LogP contribution in [-0.4, -0.2) is 13.0 Å². The summed E-state index contributed by atoms with van der Waals surface area (Å²) in [6.45, 7) is 0. The van der Waals surface area contributed by atoms with E-state index in [-0.39, 0.29) is 5.91 Å². The summed E-state index contributed by atoms with van der Waals surface area (Å²) in [6.07, 6.45) is 0. The average Bonchev–Trinajstić information content (AvgIpc) is 2.39. The fraction of sp³-hybridized carbons (Fsp3) is 0.0714. The number of benzene rings is 2. The molecule has 0 saturated heterocycles. The minimum Gasteiger partial charge on any atom is -0.456 e. The molecule has 0 radical (unpaired) electrons. The van der Waals surface area contributed by atoms with E-state index in [1.54, 1.807) is 25.2 Å². The molecule has 4 heteroatoms. The van der Waals surface area contributed by atoms with E-state index in [9.17, 15) is 4.79 Å². The van der Waals surface area contributed by atoms with Gasteiger partial charge in [-0.15, -0.1) is 0 Å². The lowest BCUT2D eigenvalue weighted by atomic mass is 10.1. The molecular weight excluding hydrogens is 228 g/mol. The molecule has 18 heavy (non-hydrogen) atoms. The van der Waals surface area contributed by atoms with Crippen molar-refractivity contribution in [3.8, 4) is 11.5 Å². The lowest BCUT2D eigenvalue weighted by Crippen LogP contribution is -2.18. The summed E-state index contributed by atoms with van der Waals surface area (Å²) in [7, 11) is 1.57. The summed E-state index contributed by atoms with van der Waals surface area (Å²) in [5.41, 5.74) is 6.71. The minimum absolute atomic E-state index is 0.207. The fourth-order valence-electron chi connectivity index (χ4n) is 1.56. The van der Waals surface area contributed by atoms with E-state index in [0.717, 1.165) is 0 Å². The number of para-hydroxylation sites is 1. The lowest BCUT2D eigenvalue weighted by Gasteiger charge is -2.11. The van der Waals surface area contributed by atoms with Crippen LogP contribution in [0.2, 0.25) is 0 Å². The Kier molecular flexibility index (Phi) is 3.48. The molecule has 1 amide bonds. The molecule has 0 heterocycles. The van der Waals surface area contributed by atoms with Gasteiger partial charge in [-0.1, -0.05) is 18.2 Å². The summed E-state index contributed by atoms with van der Waals surface area (Å²) < 4.78 is 5.67. The van der Waals surface area contributed by atoms with Crippen LogP contribution in [0, 0.1) is 0 Å². The van der Waals surface area contributed by atoms with Crippen LogP contribution in [0.5, 0.6) is 11.5 Å². The summed E-state index contributed by atoms with van der Waals surface area (Å²) in [6, 6.07) is 14.2. The highest BCUT2D eigenvalue weighted by atomic mass is 16.5. The number of ether oxygens (including phenoxy) is 1. The van der Waals surface area contributed by atoms with Crippen LogP contribution in [-0.2, 0) is 0 Å². The highest BCUT2D eigenvalue weighted by Crippen LogP contribution is 2.27. The van der Waals surface area contributed by atoms with Crippen molar-refractivity contribution in [2.45, 2.75) is 0 Å². The SMILES string of the molecule is CNC(=O)c1ccc(N)cc1Oc1ccccc1. The molecule has 0 bridgehead atoms. The second kappa shape index (κ2) is 5.23. The fourth-order valence-corrected chi connectivity index (χ4v) is 1.56. The first kappa shape index (κ1) is 12.0. The van der Waals surface area contributed by atoms with Crippen LogP contribution < -0.4 is 15.8 Å². The third kappa shape index (κ3) is 2.60. The normalized spacial score (nSPS) is 9.83. The highest BCUT2D eigenvalue weighted by molar-refractivity contribution is 5.97. The number of anilines is 1. The summed E-state index contributed by atoms with van der Waals surface area (Å²) in [4.78, 5) is 11.7. The zero-order valence-corrected chi connectivity index (χ0v) is 10.0. The molecule has 3 N–H and O–H groups in total. The maximum atomic E-state index is 11.7. The van der Waals surface area contributed by atoms with Gasteiger partial charge < -0.3 is 15.8 Å². The molecule has 0 atom stereocenters. The molecular formula is C14H14N2O2. The maximum Gasteiger partial charge on any atom is 0.254 e. The van der Waals surface area contributed by atoms with Crippen LogP contribution in [0.1, 0.15) is 10.4 Å². The zero-order chi connectivity index (χ0) is 13.0. The van der Waals surface area contributed by atoms with Gasteiger partial charge in [0, 0.05) is 18.8 Å². The Labute approximate surface area is 105 Å².